The molecule has 0 saturated carbocycles. The van der Waals surface area contributed by atoms with Crippen molar-refractivity contribution in [3.05, 3.63) is 39.0 Å². The summed E-state index contributed by atoms with van der Waals surface area (Å²) in [6, 6.07) is 6.00. The van der Waals surface area contributed by atoms with E-state index in [9.17, 15) is 27.9 Å². The molecule has 1 amide bonds. The van der Waals surface area contributed by atoms with Gasteiger partial charge in [0.15, 0.2) is 0 Å². The number of rotatable bonds is 2. The number of fused-ring (bicyclic) bond motifs is 1. The lowest BCUT2D eigenvalue weighted by Gasteiger charge is -2.25. The Hall–Kier alpha value is -2.06. The first-order chi connectivity index (χ1) is 11.2. The summed E-state index contributed by atoms with van der Waals surface area (Å²) in [7, 11) is 0. The predicted octanol–water partition coefficient (Wildman–Crippen LogP) is 4.75. The van der Waals surface area contributed by atoms with Crippen molar-refractivity contribution in [1.82, 2.24) is 0 Å². The van der Waals surface area contributed by atoms with Gasteiger partial charge in [0.2, 0.25) is 5.91 Å². The molecule has 0 radical (unpaired) electrons. The van der Waals surface area contributed by atoms with Gasteiger partial charge in [-0.3, -0.25) is 4.79 Å². The molecule has 1 unspecified atom stereocenters. The minimum absolute atomic E-state index is 0.0708. The first-order valence-corrected chi connectivity index (χ1v) is 7.90. The van der Waals surface area contributed by atoms with Gasteiger partial charge in [0.1, 0.15) is 10.8 Å². The Morgan fingerprint density at radius 3 is 2.46 bits per heavy atom. The fraction of sp³-hybridized carbons (Fsp3) is 0.200. The van der Waals surface area contributed by atoms with Gasteiger partial charge in [-0.2, -0.15) is 13.2 Å². The number of nitrogens with one attached hydrogen (secondary N) is 1. The Bertz CT molecular complexity index is 830. The Labute approximate surface area is 142 Å². The second-order valence-electron chi connectivity index (χ2n) is 5.20. The summed E-state index contributed by atoms with van der Waals surface area (Å²) in [4.78, 5) is 22.8. The summed E-state index contributed by atoms with van der Waals surface area (Å²) in [5.41, 5.74) is 0.359. The molecule has 0 fully saturated rings. The molecule has 9 heteroatoms. The van der Waals surface area contributed by atoms with Crippen LogP contribution in [0.5, 0.6) is 0 Å². The fourth-order valence-corrected chi connectivity index (χ4v) is 3.96. The van der Waals surface area contributed by atoms with Crippen molar-refractivity contribution in [2.45, 2.75) is 18.5 Å². The van der Waals surface area contributed by atoms with Gasteiger partial charge in [0.05, 0.1) is 5.69 Å². The maximum Gasteiger partial charge on any atom is 0.397 e. The van der Waals surface area contributed by atoms with Crippen LogP contribution in [0.2, 0.25) is 5.02 Å². The SMILES string of the molecule is O=C1CC(C(F)(F)F)c2sc(C(=O)O)c(-c3ccc(Cl)cc3)c2N1. The van der Waals surface area contributed by atoms with Crippen LogP contribution in [-0.2, 0) is 4.79 Å². The van der Waals surface area contributed by atoms with Gasteiger partial charge < -0.3 is 10.4 Å². The minimum Gasteiger partial charge on any atom is -0.477 e. The number of benzene rings is 1. The van der Waals surface area contributed by atoms with E-state index < -0.39 is 30.4 Å². The smallest absolute Gasteiger partial charge is 0.397 e. The van der Waals surface area contributed by atoms with Gasteiger partial charge in [-0.05, 0) is 17.7 Å². The number of carboxylic acid groups (broad SMARTS) is 1. The van der Waals surface area contributed by atoms with Crippen molar-refractivity contribution < 1.29 is 27.9 Å². The molecule has 0 saturated heterocycles. The van der Waals surface area contributed by atoms with Gasteiger partial charge in [0.25, 0.3) is 0 Å². The summed E-state index contributed by atoms with van der Waals surface area (Å²) in [5, 5.41) is 12.2. The summed E-state index contributed by atoms with van der Waals surface area (Å²) in [6.45, 7) is 0. The van der Waals surface area contributed by atoms with Crippen LogP contribution in [0.25, 0.3) is 11.1 Å². The van der Waals surface area contributed by atoms with Crippen molar-refractivity contribution in [3.8, 4) is 11.1 Å². The van der Waals surface area contributed by atoms with Crippen molar-refractivity contribution in [2.24, 2.45) is 0 Å². The molecule has 1 aliphatic rings. The summed E-state index contributed by atoms with van der Waals surface area (Å²) >= 11 is 6.33. The maximum absolute atomic E-state index is 13.3. The molecule has 1 aromatic carbocycles. The van der Waals surface area contributed by atoms with Crippen molar-refractivity contribution in [1.29, 1.82) is 0 Å². The summed E-state index contributed by atoms with van der Waals surface area (Å²) < 4.78 is 39.8. The number of halogens is 4. The Balaban J connectivity index is 2.26. The first-order valence-electron chi connectivity index (χ1n) is 6.71. The lowest BCUT2D eigenvalue weighted by Crippen LogP contribution is -2.30. The van der Waals surface area contributed by atoms with Crippen LogP contribution in [0, 0.1) is 0 Å². The number of hydrogen-bond donors (Lipinski definition) is 2. The predicted molar refractivity (Wildman–Crippen MR) is 83.8 cm³/mol. The zero-order chi connectivity index (χ0) is 17.6. The summed E-state index contributed by atoms with van der Waals surface area (Å²) in [6.07, 6.45) is -5.39. The molecule has 0 aliphatic carbocycles. The van der Waals surface area contributed by atoms with E-state index in [4.69, 9.17) is 11.6 Å². The Morgan fingerprint density at radius 1 is 1.29 bits per heavy atom. The van der Waals surface area contributed by atoms with Crippen LogP contribution < -0.4 is 5.32 Å². The second-order valence-corrected chi connectivity index (χ2v) is 6.69. The standard InChI is InChI=1S/C15H9ClF3NO3S/c16-7-3-1-6(2-4-7)10-11-12(24-13(10)14(22)23)8(15(17,18)19)5-9(21)20-11/h1-4,8H,5H2,(H,20,21)(H,22,23). The molecule has 1 atom stereocenters. The van der Waals surface area contributed by atoms with E-state index in [-0.39, 0.29) is 21.0 Å². The number of alkyl halides is 3. The zero-order valence-corrected chi connectivity index (χ0v) is 13.4. The quantitative estimate of drug-likeness (QED) is 0.795. The number of aromatic carboxylic acids is 1. The number of amides is 1. The molecular formula is C15H9ClF3NO3S. The monoisotopic (exact) mass is 375 g/mol. The fourth-order valence-electron chi connectivity index (χ4n) is 2.59. The molecule has 2 heterocycles. The van der Waals surface area contributed by atoms with E-state index in [2.05, 4.69) is 5.32 Å². The third-order valence-electron chi connectivity index (χ3n) is 3.63. The molecule has 126 valence electrons. The third kappa shape index (κ3) is 2.87. The molecule has 4 nitrogen and oxygen atoms in total. The van der Waals surface area contributed by atoms with Crippen LogP contribution in [0.15, 0.2) is 24.3 Å². The van der Waals surface area contributed by atoms with E-state index in [1.165, 1.54) is 24.3 Å². The molecule has 3 rings (SSSR count). The van der Waals surface area contributed by atoms with Crippen molar-refractivity contribution in [3.63, 3.8) is 0 Å². The molecule has 2 aromatic rings. The average molecular weight is 376 g/mol. The number of carbonyl (C=O) groups excluding carboxylic acids is 1. The lowest BCUT2D eigenvalue weighted by atomic mass is 9.94. The Kier molecular flexibility index (Phi) is 4.05. The molecule has 1 aliphatic heterocycles. The lowest BCUT2D eigenvalue weighted by molar-refractivity contribution is -0.156. The molecule has 0 bridgehead atoms. The first kappa shape index (κ1) is 16.8. The van der Waals surface area contributed by atoms with Crippen LogP contribution in [0.1, 0.15) is 26.9 Å². The number of hydrogen-bond acceptors (Lipinski definition) is 3. The third-order valence-corrected chi connectivity index (χ3v) is 5.17. The largest absolute Gasteiger partial charge is 0.477 e. The number of carbonyl (C=O) groups is 2. The maximum atomic E-state index is 13.3. The van der Waals surface area contributed by atoms with Gasteiger partial charge in [0, 0.05) is 21.9 Å². The van der Waals surface area contributed by atoms with E-state index in [1.807, 2.05) is 0 Å². The minimum atomic E-state index is -4.63. The van der Waals surface area contributed by atoms with Gasteiger partial charge in [-0.1, -0.05) is 23.7 Å². The van der Waals surface area contributed by atoms with Crippen LogP contribution in [0.3, 0.4) is 0 Å². The molecule has 2 N–H and O–H groups in total. The molecule has 24 heavy (non-hydrogen) atoms. The number of anilines is 1. The van der Waals surface area contributed by atoms with E-state index in [1.54, 1.807) is 0 Å². The highest BCUT2D eigenvalue weighted by molar-refractivity contribution is 7.15. The van der Waals surface area contributed by atoms with Gasteiger partial charge in [-0.15, -0.1) is 11.3 Å². The molecular weight excluding hydrogens is 367 g/mol. The van der Waals surface area contributed by atoms with Gasteiger partial charge >= 0.3 is 12.1 Å². The van der Waals surface area contributed by atoms with E-state index >= 15 is 0 Å². The van der Waals surface area contributed by atoms with E-state index in [0.29, 0.717) is 21.9 Å². The highest BCUT2D eigenvalue weighted by Gasteiger charge is 2.47. The highest BCUT2D eigenvalue weighted by atomic mass is 35.5. The molecule has 1 aromatic heterocycles. The van der Waals surface area contributed by atoms with Crippen molar-refractivity contribution in [2.75, 3.05) is 5.32 Å². The number of thiophene rings is 1. The van der Waals surface area contributed by atoms with Crippen LogP contribution in [0.4, 0.5) is 18.9 Å². The average Bonchev–Trinajstić information content (AvgIpc) is 2.85. The van der Waals surface area contributed by atoms with Crippen molar-refractivity contribution >= 4 is 40.5 Å². The Morgan fingerprint density at radius 2 is 1.92 bits per heavy atom. The molecule has 0 spiro atoms. The van der Waals surface area contributed by atoms with Crippen LogP contribution in [-0.4, -0.2) is 23.2 Å². The van der Waals surface area contributed by atoms with Crippen LogP contribution >= 0.6 is 22.9 Å². The van der Waals surface area contributed by atoms with Gasteiger partial charge in [-0.25, -0.2) is 4.79 Å². The van der Waals surface area contributed by atoms with E-state index in [0.717, 1.165) is 0 Å². The number of carboxylic acids is 1. The highest BCUT2D eigenvalue weighted by Crippen LogP contribution is 2.52. The zero-order valence-electron chi connectivity index (χ0n) is 11.8. The topological polar surface area (TPSA) is 66.4 Å². The summed E-state index contributed by atoms with van der Waals surface area (Å²) in [5.74, 6) is -4.16. The normalized spacial score (nSPS) is 17.3. The second kappa shape index (κ2) is 5.78.